The van der Waals surface area contributed by atoms with Gasteiger partial charge in [0.15, 0.2) is 11.5 Å². The molecule has 18 heavy (non-hydrogen) atoms. The van der Waals surface area contributed by atoms with Crippen molar-refractivity contribution in [3.63, 3.8) is 0 Å². The lowest BCUT2D eigenvalue weighted by Gasteiger charge is -2.01. The highest BCUT2D eigenvalue weighted by atomic mass is 16.5. The van der Waals surface area contributed by atoms with E-state index in [1.54, 1.807) is 18.3 Å². The van der Waals surface area contributed by atoms with Crippen LogP contribution in [0.1, 0.15) is 12.2 Å². The molecule has 1 atom stereocenters. The van der Waals surface area contributed by atoms with Gasteiger partial charge in [0.05, 0.1) is 5.69 Å². The van der Waals surface area contributed by atoms with Gasteiger partial charge in [-0.15, -0.1) is 0 Å². The van der Waals surface area contributed by atoms with Gasteiger partial charge in [0.2, 0.25) is 0 Å². The van der Waals surface area contributed by atoms with E-state index in [0.29, 0.717) is 29.0 Å². The molecule has 1 fully saturated rings. The highest BCUT2D eigenvalue weighted by Gasteiger charge is 2.20. The predicted octanol–water partition coefficient (Wildman–Crippen LogP) is 1.29. The van der Waals surface area contributed by atoms with Crippen molar-refractivity contribution in [3.05, 3.63) is 24.2 Å². The number of pyridine rings is 1. The van der Waals surface area contributed by atoms with Crippen molar-refractivity contribution in [2.45, 2.75) is 12.8 Å². The Bertz CT molecular complexity index is 534. The number of rotatable bonds is 3. The summed E-state index contributed by atoms with van der Waals surface area (Å²) >= 11 is 0. The summed E-state index contributed by atoms with van der Waals surface area (Å²) in [4.78, 5) is 8.48. The van der Waals surface area contributed by atoms with Gasteiger partial charge in [-0.05, 0) is 24.5 Å². The second kappa shape index (κ2) is 4.73. The monoisotopic (exact) mass is 246 g/mol. The Morgan fingerprint density at radius 2 is 2.39 bits per heavy atom. The number of aromatic nitrogens is 3. The van der Waals surface area contributed by atoms with Gasteiger partial charge < -0.3 is 15.0 Å². The highest BCUT2D eigenvalue weighted by molar-refractivity contribution is 5.65. The first-order chi connectivity index (χ1) is 8.83. The molecule has 0 saturated carbocycles. The van der Waals surface area contributed by atoms with Crippen LogP contribution in [0.15, 0.2) is 22.9 Å². The third-order valence-electron chi connectivity index (χ3n) is 3.00. The molecule has 0 aliphatic carbocycles. The summed E-state index contributed by atoms with van der Waals surface area (Å²) in [5.74, 6) is 1.55. The minimum absolute atomic E-state index is 0.377. The second-order valence-electron chi connectivity index (χ2n) is 4.39. The van der Waals surface area contributed by atoms with E-state index in [2.05, 4.69) is 15.1 Å². The lowest BCUT2D eigenvalue weighted by atomic mass is 10.1. The Kier molecular flexibility index (Phi) is 2.93. The van der Waals surface area contributed by atoms with Gasteiger partial charge in [-0.25, -0.2) is 4.98 Å². The molecule has 0 amide bonds. The number of hydrogen-bond acceptors (Lipinski definition) is 6. The van der Waals surface area contributed by atoms with Crippen LogP contribution in [0.5, 0.6) is 0 Å². The first-order valence-corrected chi connectivity index (χ1v) is 5.94. The molecule has 3 heterocycles. The van der Waals surface area contributed by atoms with Crippen LogP contribution in [-0.4, -0.2) is 28.3 Å². The lowest BCUT2D eigenvalue weighted by molar-refractivity contribution is 0.185. The Morgan fingerprint density at radius 3 is 3.17 bits per heavy atom. The maximum atomic E-state index is 5.82. The molecule has 3 rings (SSSR count). The fourth-order valence-corrected chi connectivity index (χ4v) is 2.03. The van der Waals surface area contributed by atoms with Crippen molar-refractivity contribution in [2.24, 2.45) is 5.92 Å². The lowest BCUT2D eigenvalue weighted by Crippen LogP contribution is -2.04. The number of nitrogens with zero attached hydrogens (tertiary/aromatic N) is 3. The Hall–Kier alpha value is -1.95. The summed E-state index contributed by atoms with van der Waals surface area (Å²) in [5, 5.41) is 3.96. The first-order valence-electron chi connectivity index (χ1n) is 5.94. The van der Waals surface area contributed by atoms with Crippen LogP contribution in [-0.2, 0) is 11.2 Å². The van der Waals surface area contributed by atoms with Gasteiger partial charge in [-0.3, -0.25) is 0 Å². The standard InChI is InChI=1S/C12H14N4O2/c13-9-2-1-4-14-11(9)12-15-10(16-18-12)6-8-3-5-17-7-8/h1-2,4,8H,3,5-7,13H2. The molecule has 1 unspecified atom stereocenters. The van der Waals surface area contributed by atoms with Crippen molar-refractivity contribution in [3.8, 4) is 11.6 Å². The van der Waals surface area contributed by atoms with Gasteiger partial charge in [-0.1, -0.05) is 5.16 Å². The average Bonchev–Trinajstić information content (AvgIpc) is 3.02. The predicted molar refractivity (Wildman–Crippen MR) is 64.6 cm³/mol. The minimum atomic E-state index is 0.377. The number of nitrogen functional groups attached to an aromatic ring is 1. The van der Waals surface area contributed by atoms with Crippen LogP contribution >= 0.6 is 0 Å². The Morgan fingerprint density at radius 1 is 1.44 bits per heavy atom. The molecular weight excluding hydrogens is 232 g/mol. The Labute approximate surface area is 104 Å². The molecule has 6 nitrogen and oxygen atoms in total. The average molecular weight is 246 g/mol. The van der Waals surface area contributed by atoms with Crippen LogP contribution < -0.4 is 5.73 Å². The molecule has 2 aromatic heterocycles. The SMILES string of the molecule is Nc1cccnc1-c1nc(CC2CCOC2)no1. The summed E-state index contributed by atoms with van der Waals surface area (Å²) < 4.78 is 10.5. The van der Waals surface area contributed by atoms with E-state index in [1.165, 1.54) is 0 Å². The van der Waals surface area contributed by atoms with Crippen molar-refractivity contribution < 1.29 is 9.26 Å². The highest BCUT2D eigenvalue weighted by Crippen LogP contribution is 2.22. The van der Waals surface area contributed by atoms with Gasteiger partial charge in [0.25, 0.3) is 5.89 Å². The molecule has 2 aromatic rings. The minimum Gasteiger partial charge on any atom is -0.397 e. The van der Waals surface area contributed by atoms with Crippen molar-refractivity contribution in [1.82, 2.24) is 15.1 Å². The zero-order chi connectivity index (χ0) is 12.4. The summed E-state index contributed by atoms with van der Waals surface area (Å²) in [7, 11) is 0. The maximum absolute atomic E-state index is 5.82. The third kappa shape index (κ3) is 2.19. The third-order valence-corrected chi connectivity index (χ3v) is 3.00. The molecular formula is C12H14N4O2. The first kappa shape index (κ1) is 11.2. The number of hydrogen-bond donors (Lipinski definition) is 1. The fraction of sp³-hybridized carbons (Fsp3) is 0.417. The summed E-state index contributed by atoms with van der Waals surface area (Å²) in [6, 6.07) is 3.53. The maximum Gasteiger partial charge on any atom is 0.278 e. The van der Waals surface area contributed by atoms with Gasteiger partial charge >= 0.3 is 0 Å². The van der Waals surface area contributed by atoms with Crippen LogP contribution in [0.2, 0.25) is 0 Å². The van der Waals surface area contributed by atoms with E-state index < -0.39 is 0 Å². The molecule has 2 N–H and O–H groups in total. The second-order valence-corrected chi connectivity index (χ2v) is 4.39. The summed E-state index contributed by atoms with van der Waals surface area (Å²) in [6.07, 6.45) is 3.48. The topological polar surface area (TPSA) is 87.1 Å². The molecule has 0 spiro atoms. The number of nitrogens with two attached hydrogens (primary N) is 1. The van der Waals surface area contributed by atoms with Crippen LogP contribution in [0.3, 0.4) is 0 Å². The van der Waals surface area contributed by atoms with E-state index in [-0.39, 0.29) is 0 Å². The largest absolute Gasteiger partial charge is 0.397 e. The zero-order valence-electron chi connectivity index (χ0n) is 9.87. The molecule has 1 saturated heterocycles. The van der Waals surface area contributed by atoms with E-state index in [4.69, 9.17) is 15.0 Å². The summed E-state index contributed by atoms with van der Waals surface area (Å²) in [5.41, 5.74) is 6.89. The van der Waals surface area contributed by atoms with E-state index in [0.717, 1.165) is 26.1 Å². The smallest absolute Gasteiger partial charge is 0.278 e. The molecule has 94 valence electrons. The molecule has 1 aliphatic heterocycles. The zero-order valence-corrected chi connectivity index (χ0v) is 9.87. The van der Waals surface area contributed by atoms with Gasteiger partial charge in [0, 0.05) is 25.8 Å². The summed E-state index contributed by atoms with van der Waals surface area (Å²) in [6.45, 7) is 1.60. The molecule has 0 aromatic carbocycles. The fourth-order valence-electron chi connectivity index (χ4n) is 2.03. The van der Waals surface area contributed by atoms with E-state index in [9.17, 15) is 0 Å². The van der Waals surface area contributed by atoms with Crippen LogP contribution in [0.25, 0.3) is 11.6 Å². The molecule has 6 heteroatoms. The number of anilines is 1. The Balaban J connectivity index is 1.79. The van der Waals surface area contributed by atoms with Crippen LogP contribution in [0, 0.1) is 5.92 Å². The van der Waals surface area contributed by atoms with Crippen molar-refractivity contribution in [1.29, 1.82) is 0 Å². The van der Waals surface area contributed by atoms with Gasteiger partial charge in [0.1, 0.15) is 0 Å². The molecule has 1 aliphatic rings. The normalized spacial score (nSPS) is 19.2. The number of ether oxygens (including phenoxy) is 1. The van der Waals surface area contributed by atoms with E-state index >= 15 is 0 Å². The van der Waals surface area contributed by atoms with Crippen LogP contribution in [0.4, 0.5) is 5.69 Å². The quantitative estimate of drug-likeness (QED) is 0.878. The molecule has 0 radical (unpaired) electrons. The molecule has 0 bridgehead atoms. The van der Waals surface area contributed by atoms with E-state index in [1.807, 2.05) is 0 Å². The van der Waals surface area contributed by atoms with Crippen molar-refractivity contribution >= 4 is 5.69 Å². The van der Waals surface area contributed by atoms with Gasteiger partial charge in [-0.2, -0.15) is 4.98 Å². The van der Waals surface area contributed by atoms with Crippen molar-refractivity contribution in [2.75, 3.05) is 18.9 Å².